The molecule has 1 atom stereocenters. The molecule has 1 saturated heterocycles. The second kappa shape index (κ2) is 8.43. The topological polar surface area (TPSA) is 55.6 Å². The number of carbonyl (C=O) groups is 1. The van der Waals surface area contributed by atoms with Crippen molar-refractivity contribution in [3.63, 3.8) is 0 Å². The third-order valence-corrected chi connectivity index (χ3v) is 3.28. The number of nitrogens with zero attached hydrogens (tertiary/aromatic N) is 1. The number of hydrogen-bond donors (Lipinski definition) is 1. The fourth-order valence-corrected chi connectivity index (χ4v) is 2.38. The first-order valence-corrected chi connectivity index (χ1v) is 7.22. The molecule has 0 saturated carbocycles. The van der Waals surface area contributed by atoms with Crippen LogP contribution in [-0.2, 0) is 9.53 Å². The van der Waals surface area contributed by atoms with Crippen LogP contribution >= 0.6 is 12.2 Å². The van der Waals surface area contributed by atoms with Crippen molar-refractivity contribution in [3.8, 4) is 0 Å². The Morgan fingerprint density at radius 1 is 1.50 bits per heavy atom. The van der Waals surface area contributed by atoms with E-state index in [9.17, 15) is 4.79 Å². The van der Waals surface area contributed by atoms with Gasteiger partial charge in [-0.2, -0.15) is 0 Å². The number of rotatable bonds is 7. The minimum absolute atomic E-state index is 0.138. The van der Waals surface area contributed by atoms with E-state index < -0.39 is 0 Å². The summed E-state index contributed by atoms with van der Waals surface area (Å²) in [4.78, 5) is 14.2. The molecule has 104 valence electrons. The maximum atomic E-state index is 12.1. The summed E-state index contributed by atoms with van der Waals surface area (Å²) < 4.78 is 5.63. The van der Waals surface area contributed by atoms with Crippen LogP contribution in [-0.4, -0.2) is 41.6 Å². The molecule has 1 fully saturated rings. The van der Waals surface area contributed by atoms with Crippen LogP contribution in [0.1, 0.15) is 45.4 Å². The summed E-state index contributed by atoms with van der Waals surface area (Å²) >= 11 is 4.87. The van der Waals surface area contributed by atoms with Crippen molar-refractivity contribution < 1.29 is 9.53 Å². The second-order valence-corrected chi connectivity index (χ2v) is 5.33. The van der Waals surface area contributed by atoms with E-state index in [0.717, 1.165) is 38.8 Å². The number of amides is 1. The highest BCUT2D eigenvalue weighted by Crippen LogP contribution is 2.17. The fraction of sp³-hybridized carbons (Fsp3) is 0.846. The Kier molecular flexibility index (Phi) is 7.20. The molecule has 2 N–H and O–H groups in total. The van der Waals surface area contributed by atoms with Gasteiger partial charge in [-0.15, -0.1) is 0 Å². The first-order valence-electron chi connectivity index (χ1n) is 6.81. The molecule has 0 spiro atoms. The summed E-state index contributed by atoms with van der Waals surface area (Å²) in [5.74, 6) is 0.138. The van der Waals surface area contributed by atoms with Crippen molar-refractivity contribution in [2.75, 3.05) is 19.7 Å². The number of hydrogen-bond acceptors (Lipinski definition) is 3. The van der Waals surface area contributed by atoms with Crippen molar-refractivity contribution in [2.24, 2.45) is 5.73 Å². The van der Waals surface area contributed by atoms with Crippen molar-refractivity contribution >= 4 is 23.1 Å². The molecule has 1 rings (SSSR count). The molecular weight excluding hydrogens is 248 g/mol. The fourth-order valence-electron chi connectivity index (χ4n) is 2.23. The van der Waals surface area contributed by atoms with Crippen LogP contribution in [0.2, 0.25) is 0 Å². The van der Waals surface area contributed by atoms with E-state index >= 15 is 0 Å². The zero-order chi connectivity index (χ0) is 13.4. The monoisotopic (exact) mass is 272 g/mol. The molecule has 0 aliphatic carbocycles. The van der Waals surface area contributed by atoms with Gasteiger partial charge in [0.1, 0.15) is 0 Å². The zero-order valence-electron chi connectivity index (χ0n) is 11.2. The van der Waals surface area contributed by atoms with E-state index in [-0.39, 0.29) is 12.0 Å². The van der Waals surface area contributed by atoms with Crippen LogP contribution in [0.3, 0.4) is 0 Å². The number of ether oxygens (including phenoxy) is 1. The molecule has 4 nitrogen and oxygen atoms in total. The Hall–Kier alpha value is -0.680. The van der Waals surface area contributed by atoms with E-state index in [4.69, 9.17) is 22.7 Å². The van der Waals surface area contributed by atoms with Gasteiger partial charge in [0.15, 0.2) is 0 Å². The van der Waals surface area contributed by atoms with Crippen molar-refractivity contribution in [2.45, 2.75) is 51.6 Å². The Morgan fingerprint density at radius 2 is 2.28 bits per heavy atom. The van der Waals surface area contributed by atoms with Gasteiger partial charge in [0, 0.05) is 19.6 Å². The molecule has 0 radical (unpaired) electrons. The van der Waals surface area contributed by atoms with Gasteiger partial charge in [-0.05, 0) is 32.1 Å². The average Bonchev–Trinajstić information content (AvgIpc) is 2.36. The van der Waals surface area contributed by atoms with E-state index in [1.54, 1.807) is 4.90 Å². The van der Waals surface area contributed by atoms with Crippen molar-refractivity contribution in [3.05, 3.63) is 0 Å². The Balaban J connectivity index is 2.32. The molecule has 0 aromatic carbocycles. The molecule has 18 heavy (non-hydrogen) atoms. The predicted octanol–water partition coefficient (Wildman–Crippen LogP) is 1.86. The van der Waals surface area contributed by atoms with Gasteiger partial charge in [-0.25, -0.2) is 0 Å². The quantitative estimate of drug-likeness (QED) is 0.719. The standard InChI is InChI=1S/C13H24N2O2S/c1-2-8-15(10-12(14)18)13(16)7-6-11-5-3-4-9-17-11/h11H,2-10H2,1H3,(H2,14,18). The van der Waals surface area contributed by atoms with E-state index in [1.165, 1.54) is 6.42 Å². The summed E-state index contributed by atoms with van der Waals surface area (Å²) in [7, 11) is 0. The maximum Gasteiger partial charge on any atom is 0.223 e. The largest absolute Gasteiger partial charge is 0.392 e. The van der Waals surface area contributed by atoms with E-state index in [2.05, 4.69) is 0 Å². The highest BCUT2D eigenvalue weighted by molar-refractivity contribution is 7.80. The molecule has 0 aromatic rings. The van der Waals surface area contributed by atoms with Crippen LogP contribution in [0.15, 0.2) is 0 Å². The lowest BCUT2D eigenvalue weighted by molar-refractivity contribution is -0.131. The van der Waals surface area contributed by atoms with Gasteiger partial charge in [0.2, 0.25) is 5.91 Å². The van der Waals surface area contributed by atoms with Crippen LogP contribution in [0, 0.1) is 0 Å². The highest BCUT2D eigenvalue weighted by Gasteiger charge is 2.18. The Morgan fingerprint density at radius 3 is 2.83 bits per heavy atom. The number of thiocarbonyl (C=S) groups is 1. The SMILES string of the molecule is CCCN(CC(N)=S)C(=O)CCC1CCCCO1. The lowest BCUT2D eigenvalue weighted by atomic mass is 10.0. The van der Waals surface area contributed by atoms with E-state index in [1.807, 2.05) is 6.92 Å². The molecule has 1 heterocycles. The van der Waals surface area contributed by atoms with Crippen molar-refractivity contribution in [1.82, 2.24) is 4.90 Å². The summed E-state index contributed by atoms with van der Waals surface area (Å²) in [6.45, 7) is 4.00. The molecule has 5 heteroatoms. The molecular formula is C13H24N2O2S. The van der Waals surface area contributed by atoms with Gasteiger partial charge >= 0.3 is 0 Å². The smallest absolute Gasteiger partial charge is 0.223 e. The van der Waals surface area contributed by atoms with Gasteiger partial charge in [0.05, 0.1) is 17.6 Å². The minimum atomic E-state index is 0.138. The minimum Gasteiger partial charge on any atom is -0.392 e. The van der Waals surface area contributed by atoms with E-state index in [0.29, 0.717) is 18.0 Å². The Bertz CT molecular complexity index is 278. The maximum absolute atomic E-state index is 12.1. The predicted molar refractivity (Wildman–Crippen MR) is 76.5 cm³/mol. The zero-order valence-corrected chi connectivity index (χ0v) is 12.0. The van der Waals surface area contributed by atoms with Gasteiger partial charge in [-0.1, -0.05) is 19.1 Å². The normalized spacial score (nSPS) is 19.5. The molecule has 1 aliphatic rings. The number of carbonyl (C=O) groups excluding carboxylic acids is 1. The Labute approximate surface area is 115 Å². The molecule has 0 bridgehead atoms. The summed E-state index contributed by atoms with van der Waals surface area (Å²) in [6.07, 6.45) is 5.98. The third kappa shape index (κ3) is 5.78. The van der Waals surface area contributed by atoms with Crippen molar-refractivity contribution in [1.29, 1.82) is 0 Å². The lowest BCUT2D eigenvalue weighted by Crippen LogP contribution is -2.38. The first kappa shape index (κ1) is 15.4. The van der Waals surface area contributed by atoms with Gasteiger partial charge in [0.25, 0.3) is 0 Å². The molecule has 1 unspecified atom stereocenters. The second-order valence-electron chi connectivity index (χ2n) is 4.81. The van der Waals surface area contributed by atoms with Crippen LogP contribution in [0.4, 0.5) is 0 Å². The van der Waals surface area contributed by atoms with Crippen LogP contribution < -0.4 is 5.73 Å². The number of nitrogens with two attached hydrogens (primary N) is 1. The molecule has 1 aliphatic heterocycles. The summed E-state index contributed by atoms with van der Waals surface area (Å²) in [5, 5.41) is 0. The highest BCUT2D eigenvalue weighted by atomic mass is 32.1. The van der Waals surface area contributed by atoms with Crippen LogP contribution in [0.5, 0.6) is 0 Å². The van der Waals surface area contributed by atoms with Crippen LogP contribution in [0.25, 0.3) is 0 Å². The van der Waals surface area contributed by atoms with Gasteiger partial charge < -0.3 is 15.4 Å². The van der Waals surface area contributed by atoms with Gasteiger partial charge in [-0.3, -0.25) is 4.79 Å². The summed E-state index contributed by atoms with van der Waals surface area (Å²) in [6, 6.07) is 0. The first-order chi connectivity index (χ1) is 8.63. The summed E-state index contributed by atoms with van der Waals surface area (Å²) in [5.41, 5.74) is 5.51. The third-order valence-electron chi connectivity index (χ3n) is 3.15. The molecule has 1 amide bonds. The molecule has 0 aromatic heterocycles. The lowest BCUT2D eigenvalue weighted by Gasteiger charge is -2.25. The average molecular weight is 272 g/mol.